The minimum Gasteiger partial charge on any atom is -0.493 e. The van der Waals surface area contributed by atoms with E-state index in [-0.39, 0.29) is 11.9 Å². The lowest BCUT2D eigenvalue weighted by Gasteiger charge is -2.20. The van der Waals surface area contributed by atoms with E-state index in [0.29, 0.717) is 18.0 Å². The van der Waals surface area contributed by atoms with Crippen molar-refractivity contribution in [2.45, 2.75) is 12.8 Å². The van der Waals surface area contributed by atoms with E-state index in [1.54, 1.807) is 14.2 Å². The Bertz CT molecular complexity index is 1230. The number of hydrogen-bond donors (Lipinski definition) is 3. The number of aryl methyl sites for hydroxylation is 1. The standard InChI is InChI=1S/C26H27N3O3/c1-17-8-4-6-10-22(17)29-26(30)28-15-20(18-12-13-24(31-2)25(14-18)32-3)21-16-27-23-11-7-5-9-19(21)23/h4-14,16,20,27H,15H2,1-3H3,(H2,28,29,30)/t20-/m1/s1. The van der Waals surface area contributed by atoms with Gasteiger partial charge in [0.1, 0.15) is 0 Å². The van der Waals surface area contributed by atoms with Crippen LogP contribution < -0.4 is 20.1 Å². The lowest BCUT2D eigenvalue weighted by atomic mass is 9.90. The minimum absolute atomic E-state index is 0.0893. The Morgan fingerprint density at radius 3 is 2.50 bits per heavy atom. The molecule has 6 nitrogen and oxygen atoms in total. The molecule has 4 rings (SSSR count). The van der Waals surface area contributed by atoms with E-state index in [1.165, 1.54) is 0 Å². The maximum absolute atomic E-state index is 12.7. The molecule has 4 aromatic rings. The van der Waals surface area contributed by atoms with Gasteiger partial charge in [-0.1, -0.05) is 42.5 Å². The molecule has 1 atom stereocenters. The molecule has 0 saturated heterocycles. The second kappa shape index (κ2) is 9.47. The van der Waals surface area contributed by atoms with Crippen LogP contribution in [-0.2, 0) is 0 Å². The molecule has 0 fully saturated rings. The molecule has 3 N–H and O–H groups in total. The Morgan fingerprint density at radius 1 is 0.969 bits per heavy atom. The number of anilines is 1. The number of amides is 2. The summed E-state index contributed by atoms with van der Waals surface area (Å²) in [7, 11) is 3.24. The first-order chi connectivity index (χ1) is 15.6. The van der Waals surface area contributed by atoms with Crippen molar-refractivity contribution in [1.82, 2.24) is 10.3 Å². The first-order valence-corrected chi connectivity index (χ1v) is 10.5. The number of carbonyl (C=O) groups excluding carboxylic acids is 1. The molecule has 0 saturated carbocycles. The van der Waals surface area contributed by atoms with Gasteiger partial charge in [-0.05, 0) is 47.9 Å². The van der Waals surface area contributed by atoms with Gasteiger partial charge in [-0.2, -0.15) is 0 Å². The van der Waals surface area contributed by atoms with Crippen LogP contribution in [0.15, 0.2) is 72.9 Å². The predicted molar refractivity (Wildman–Crippen MR) is 128 cm³/mol. The van der Waals surface area contributed by atoms with Crippen molar-refractivity contribution in [3.05, 3.63) is 89.6 Å². The van der Waals surface area contributed by atoms with Crippen molar-refractivity contribution < 1.29 is 14.3 Å². The van der Waals surface area contributed by atoms with Gasteiger partial charge < -0.3 is 25.1 Å². The van der Waals surface area contributed by atoms with Crippen LogP contribution in [-0.4, -0.2) is 31.8 Å². The van der Waals surface area contributed by atoms with Crippen LogP contribution >= 0.6 is 0 Å². The molecule has 32 heavy (non-hydrogen) atoms. The lowest BCUT2D eigenvalue weighted by molar-refractivity contribution is 0.252. The summed E-state index contributed by atoms with van der Waals surface area (Å²) in [6.07, 6.45) is 2.01. The number of nitrogens with one attached hydrogen (secondary N) is 3. The molecule has 1 aromatic heterocycles. The quantitative estimate of drug-likeness (QED) is 0.366. The fourth-order valence-electron chi connectivity index (χ4n) is 3.93. The van der Waals surface area contributed by atoms with E-state index >= 15 is 0 Å². The van der Waals surface area contributed by atoms with Crippen molar-refractivity contribution in [2.75, 3.05) is 26.1 Å². The van der Waals surface area contributed by atoms with Gasteiger partial charge in [-0.25, -0.2) is 4.79 Å². The Balaban J connectivity index is 1.64. The number of methoxy groups -OCH3 is 2. The van der Waals surface area contributed by atoms with Crippen molar-refractivity contribution in [3.63, 3.8) is 0 Å². The molecule has 164 valence electrons. The summed E-state index contributed by atoms with van der Waals surface area (Å²) in [5, 5.41) is 7.10. The summed E-state index contributed by atoms with van der Waals surface area (Å²) in [6, 6.07) is 21.5. The number of carbonyl (C=O) groups is 1. The summed E-state index contributed by atoms with van der Waals surface area (Å²) in [6.45, 7) is 2.38. The first kappa shape index (κ1) is 21.3. The number of fused-ring (bicyclic) bond motifs is 1. The first-order valence-electron chi connectivity index (χ1n) is 10.5. The lowest BCUT2D eigenvalue weighted by Crippen LogP contribution is -2.33. The minimum atomic E-state index is -0.246. The molecule has 3 aromatic carbocycles. The molecule has 2 amide bonds. The van der Waals surface area contributed by atoms with Gasteiger partial charge in [-0.15, -0.1) is 0 Å². The third-order valence-electron chi connectivity index (χ3n) is 5.67. The molecule has 0 spiro atoms. The average Bonchev–Trinajstić information content (AvgIpc) is 3.24. The molecular weight excluding hydrogens is 402 g/mol. The summed E-state index contributed by atoms with van der Waals surface area (Å²) in [5.74, 6) is 1.23. The van der Waals surface area contributed by atoms with E-state index < -0.39 is 0 Å². The zero-order valence-corrected chi connectivity index (χ0v) is 18.4. The van der Waals surface area contributed by atoms with Gasteiger partial charge in [0.05, 0.1) is 14.2 Å². The van der Waals surface area contributed by atoms with Crippen LogP contribution in [0.25, 0.3) is 10.9 Å². The topological polar surface area (TPSA) is 75.4 Å². The van der Waals surface area contributed by atoms with E-state index in [0.717, 1.165) is 33.3 Å². The van der Waals surface area contributed by atoms with E-state index in [2.05, 4.69) is 21.7 Å². The summed E-state index contributed by atoms with van der Waals surface area (Å²) < 4.78 is 10.9. The van der Waals surface area contributed by atoms with E-state index in [9.17, 15) is 4.79 Å². The van der Waals surface area contributed by atoms with Crippen molar-refractivity contribution in [1.29, 1.82) is 0 Å². The second-order valence-corrected chi connectivity index (χ2v) is 7.61. The maximum Gasteiger partial charge on any atom is 0.319 e. The number of ether oxygens (including phenoxy) is 2. The number of aromatic nitrogens is 1. The smallest absolute Gasteiger partial charge is 0.319 e. The summed E-state index contributed by atoms with van der Waals surface area (Å²) >= 11 is 0. The molecule has 0 aliphatic carbocycles. The van der Waals surface area contributed by atoms with E-state index in [4.69, 9.17) is 9.47 Å². The number of hydrogen-bond acceptors (Lipinski definition) is 3. The Labute approximate surface area is 187 Å². The average molecular weight is 430 g/mol. The molecule has 0 bridgehead atoms. The van der Waals surface area contributed by atoms with Gasteiger partial charge in [-0.3, -0.25) is 0 Å². The van der Waals surface area contributed by atoms with Crippen LogP contribution in [0.2, 0.25) is 0 Å². The summed E-state index contributed by atoms with van der Waals surface area (Å²) in [4.78, 5) is 16.0. The number of aromatic amines is 1. The van der Waals surface area contributed by atoms with Crippen molar-refractivity contribution in [2.24, 2.45) is 0 Å². The summed E-state index contributed by atoms with van der Waals surface area (Å²) in [5.41, 5.74) is 4.97. The molecule has 0 radical (unpaired) electrons. The Hall–Kier alpha value is -3.93. The van der Waals surface area contributed by atoms with Crippen LogP contribution in [0, 0.1) is 6.92 Å². The van der Waals surface area contributed by atoms with Gasteiger partial charge in [0.15, 0.2) is 11.5 Å². The zero-order valence-electron chi connectivity index (χ0n) is 18.4. The highest BCUT2D eigenvalue weighted by Crippen LogP contribution is 2.35. The van der Waals surface area contributed by atoms with Gasteiger partial charge >= 0.3 is 6.03 Å². The van der Waals surface area contributed by atoms with Gasteiger partial charge in [0.25, 0.3) is 0 Å². The fourth-order valence-corrected chi connectivity index (χ4v) is 3.93. The number of rotatable bonds is 7. The number of benzene rings is 3. The normalized spacial score (nSPS) is 11.7. The van der Waals surface area contributed by atoms with E-state index in [1.807, 2.05) is 73.8 Å². The molecule has 1 heterocycles. The molecular formula is C26H27N3O3. The van der Waals surface area contributed by atoms with Crippen LogP contribution in [0.3, 0.4) is 0 Å². The monoisotopic (exact) mass is 429 g/mol. The second-order valence-electron chi connectivity index (χ2n) is 7.61. The van der Waals surface area contributed by atoms with Crippen LogP contribution in [0.4, 0.5) is 10.5 Å². The highest BCUT2D eigenvalue weighted by Gasteiger charge is 2.21. The van der Waals surface area contributed by atoms with Crippen molar-refractivity contribution in [3.8, 4) is 11.5 Å². The zero-order chi connectivity index (χ0) is 22.5. The molecule has 6 heteroatoms. The molecule has 0 aliphatic heterocycles. The third-order valence-corrected chi connectivity index (χ3v) is 5.67. The number of H-pyrrole nitrogens is 1. The SMILES string of the molecule is COc1ccc([C@@H](CNC(=O)Nc2ccccc2C)c2c[nH]c3ccccc23)cc1OC. The van der Waals surface area contributed by atoms with Crippen LogP contribution in [0.1, 0.15) is 22.6 Å². The largest absolute Gasteiger partial charge is 0.493 e. The maximum atomic E-state index is 12.7. The number of urea groups is 1. The van der Waals surface area contributed by atoms with Crippen LogP contribution in [0.5, 0.6) is 11.5 Å². The predicted octanol–water partition coefficient (Wildman–Crippen LogP) is 5.45. The highest BCUT2D eigenvalue weighted by molar-refractivity contribution is 5.90. The Kier molecular flexibility index (Phi) is 6.31. The Morgan fingerprint density at radius 2 is 1.72 bits per heavy atom. The third kappa shape index (κ3) is 4.39. The molecule has 0 unspecified atom stereocenters. The fraction of sp³-hybridized carbons (Fsp3) is 0.192. The van der Waals surface area contributed by atoms with Gasteiger partial charge in [0, 0.05) is 35.2 Å². The van der Waals surface area contributed by atoms with Gasteiger partial charge in [0.2, 0.25) is 0 Å². The molecule has 0 aliphatic rings. The van der Waals surface area contributed by atoms with Crippen molar-refractivity contribution >= 4 is 22.6 Å². The number of para-hydroxylation sites is 2. The highest BCUT2D eigenvalue weighted by atomic mass is 16.5.